The summed E-state index contributed by atoms with van der Waals surface area (Å²) in [4.78, 5) is 23.0. The smallest absolute Gasteiger partial charge is 0.344 e. The van der Waals surface area contributed by atoms with Gasteiger partial charge in [-0.25, -0.2) is 9.59 Å². The average molecular weight is 461 g/mol. The van der Waals surface area contributed by atoms with Crippen LogP contribution in [-0.2, 0) is 14.3 Å². The molecule has 3 rings (SSSR count). The highest BCUT2D eigenvalue weighted by Gasteiger charge is 2.16. The van der Waals surface area contributed by atoms with Gasteiger partial charge in [0.15, 0.2) is 6.61 Å². The van der Waals surface area contributed by atoms with E-state index >= 15 is 0 Å². The van der Waals surface area contributed by atoms with E-state index in [1.165, 1.54) is 6.08 Å². The second-order valence-corrected chi connectivity index (χ2v) is 7.39. The number of halogens is 1. The minimum Gasteiger partial charge on any atom is -0.482 e. The van der Waals surface area contributed by atoms with Crippen LogP contribution in [0.25, 0.3) is 17.5 Å². The third-order valence-electron chi connectivity index (χ3n) is 3.75. The summed E-state index contributed by atoms with van der Waals surface area (Å²) in [5.41, 5.74) is 1.29. The molecule has 0 saturated heterocycles. The van der Waals surface area contributed by atoms with Crippen LogP contribution in [0.2, 0.25) is 5.02 Å². The first kappa shape index (κ1) is 22.4. The maximum Gasteiger partial charge on any atom is 0.344 e. The van der Waals surface area contributed by atoms with Crippen LogP contribution in [0.1, 0.15) is 12.5 Å². The third kappa shape index (κ3) is 6.59. The fourth-order valence-electron chi connectivity index (χ4n) is 2.35. The number of esters is 1. The zero-order valence-corrected chi connectivity index (χ0v) is 17.9. The lowest BCUT2D eigenvalue weighted by Gasteiger charge is -2.06. The Morgan fingerprint density at radius 3 is 2.48 bits per heavy atom. The Labute approximate surface area is 186 Å². The molecule has 0 aliphatic carbocycles. The van der Waals surface area contributed by atoms with Crippen molar-refractivity contribution in [3.63, 3.8) is 0 Å². The van der Waals surface area contributed by atoms with Crippen molar-refractivity contribution < 1.29 is 28.6 Å². The lowest BCUT2D eigenvalue weighted by Crippen LogP contribution is -2.14. The summed E-state index contributed by atoms with van der Waals surface area (Å²) < 4.78 is 15.7. The standard InChI is InChI=1S/C21H17ClN2O6S/c1-2-28-18(25)12-29-16-9-3-13(4-10-16)11-17(20(26)27)31-21-24-23-19(30-21)14-5-7-15(22)8-6-14/h3-11H,2,12H2,1H3,(H,26,27)/b17-11-. The van der Waals surface area contributed by atoms with Gasteiger partial charge < -0.3 is 19.0 Å². The maximum atomic E-state index is 11.7. The number of hydrogen-bond donors (Lipinski definition) is 1. The van der Waals surface area contributed by atoms with Crippen LogP contribution in [0.3, 0.4) is 0 Å². The minimum absolute atomic E-state index is 0.00787. The van der Waals surface area contributed by atoms with E-state index in [0.717, 1.165) is 11.8 Å². The number of carbonyl (C=O) groups is 2. The predicted molar refractivity (Wildman–Crippen MR) is 115 cm³/mol. The lowest BCUT2D eigenvalue weighted by atomic mass is 10.2. The zero-order chi connectivity index (χ0) is 22.2. The minimum atomic E-state index is -1.14. The van der Waals surface area contributed by atoms with Gasteiger partial charge in [0.2, 0.25) is 5.89 Å². The maximum absolute atomic E-state index is 11.7. The molecule has 0 radical (unpaired) electrons. The van der Waals surface area contributed by atoms with Gasteiger partial charge in [-0.05, 0) is 66.7 Å². The average Bonchev–Trinajstić information content (AvgIpc) is 3.22. The van der Waals surface area contributed by atoms with Gasteiger partial charge in [-0.2, -0.15) is 0 Å². The molecular weight excluding hydrogens is 444 g/mol. The predicted octanol–water partition coefficient (Wildman–Crippen LogP) is 4.55. The van der Waals surface area contributed by atoms with E-state index in [1.54, 1.807) is 55.5 Å². The molecule has 8 nitrogen and oxygen atoms in total. The fraction of sp³-hybridized carbons (Fsp3) is 0.143. The molecule has 1 heterocycles. The van der Waals surface area contributed by atoms with Crippen molar-refractivity contribution in [2.45, 2.75) is 12.1 Å². The van der Waals surface area contributed by atoms with Crippen LogP contribution in [0.5, 0.6) is 5.75 Å². The van der Waals surface area contributed by atoms with Crippen LogP contribution in [0, 0.1) is 0 Å². The Kier molecular flexibility index (Phi) is 7.69. The SMILES string of the molecule is CCOC(=O)COc1ccc(/C=C(\Sc2nnc(-c3ccc(Cl)cc3)o2)C(=O)O)cc1. The number of thioether (sulfide) groups is 1. The van der Waals surface area contributed by atoms with Gasteiger partial charge in [-0.15, -0.1) is 10.2 Å². The highest BCUT2D eigenvalue weighted by Crippen LogP contribution is 2.30. The molecule has 3 aromatic rings. The molecule has 0 saturated carbocycles. The number of ether oxygens (including phenoxy) is 2. The van der Waals surface area contributed by atoms with Crippen LogP contribution < -0.4 is 4.74 Å². The number of benzene rings is 2. The van der Waals surface area contributed by atoms with E-state index in [4.69, 9.17) is 25.5 Å². The van der Waals surface area contributed by atoms with Crippen molar-refractivity contribution in [3.05, 3.63) is 64.0 Å². The first-order valence-electron chi connectivity index (χ1n) is 9.05. The highest BCUT2D eigenvalue weighted by molar-refractivity contribution is 8.03. The zero-order valence-electron chi connectivity index (χ0n) is 16.3. The summed E-state index contributed by atoms with van der Waals surface area (Å²) in [6.07, 6.45) is 1.47. The molecule has 0 amide bonds. The second kappa shape index (κ2) is 10.6. The quantitative estimate of drug-likeness (QED) is 0.279. The van der Waals surface area contributed by atoms with Gasteiger partial charge >= 0.3 is 11.9 Å². The summed E-state index contributed by atoms with van der Waals surface area (Å²) >= 11 is 6.70. The first-order valence-corrected chi connectivity index (χ1v) is 10.2. The van der Waals surface area contributed by atoms with Gasteiger partial charge in [0.05, 0.1) is 6.61 Å². The summed E-state index contributed by atoms with van der Waals surface area (Å²) in [5.74, 6) is -0.890. The van der Waals surface area contributed by atoms with Crippen molar-refractivity contribution in [1.29, 1.82) is 0 Å². The Bertz CT molecular complexity index is 1080. The third-order valence-corrected chi connectivity index (χ3v) is 4.85. The molecule has 1 aromatic heterocycles. The van der Waals surface area contributed by atoms with Gasteiger partial charge in [-0.1, -0.05) is 23.7 Å². The van der Waals surface area contributed by atoms with Gasteiger partial charge in [0, 0.05) is 10.6 Å². The second-order valence-electron chi connectivity index (χ2n) is 5.96. The van der Waals surface area contributed by atoms with Crippen LogP contribution in [-0.4, -0.2) is 40.5 Å². The van der Waals surface area contributed by atoms with Crippen molar-refractivity contribution in [2.75, 3.05) is 13.2 Å². The molecule has 1 N–H and O–H groups in total. The normalized spacial score (nSPS) is 11.2. The number of carboxylic acids is 1. The molecule has 0 aliphatic rings. The summed E-state index contributed by atoms with van der Waals surface area (Å²) in [7, 11) is 0. The van der Waals surface area contributed by atoms with Crippen molar-refractivity contribution >= 4 is 41.4 Å². The molecule has 0 spiro atoms. The van der Waals surface area contributed by atoms with Crippen molar-refractivity contribution in [3.8, 4) is 17.2 Å². The van der Waals surface area contributed by atoms with Gasteiger partial charge in [-0.3, -0.25) is 0 Å². The van der Waals surface area contributed by atoms with Crippen LogP contribution in [0.15, 0.2) is 63.1 Å². The molecule has 0 unspecified atom stereocenters. The monoisotopic (exact) mass is 460 g/mol. The lowest BCUT2D eigenvalue weighted by molar-refractivity contribution is -0.145. The van der Waals surface area contributed by atoms with E-state index in [2.05, 4.69) is 10.2 Å². The number of carboxylic acid groups (broad SMARTS) is 1. The molecule has 0 bridgehead atoms. The van der Waals surface area contributed by atoms with E-state index in [-0.39, 0.29) is 29.2 Å². The van der Waals surface area contributed by atoms with Crippen LogP contribution in [0.4, 0.5) is 0 Å². The van der Waals surface area contributed by atoms with E-state index in [9.17, 15) is 14.7 Å². The molecule has 0 atom stereocenters. The summed E-state index contributed by atoms with van der Waals surface area (Å²) in [5, 5.41) is 18.0. The number of hydrogen-bond acceptors (Lipinski definition) is 8. The Balaban J connectivity index is 1.68. The van der Waals surface area contributed by atoms with Crippen molar-refractivity contribution in [2.24, 2.45) is 0 Å². The largest absolute Gasteiger partial charge is 0.482 e. The fourth-order valence-corrected chi connectivity index (χ4v) is 3.14. The van der Waals surface area contributed by atoms with Gasteiger partial charge in [0.25, 0.3) is 5.22 Å². The number of nitrogens with zero attached hydrogens (tertiary/aromatic N) is 2. The topological polar surface area (TPSA) is 112 Å². The molecule has 10 heteroatoms. The summed E-state index contributed by atoms with van der Waals surface area (Å²) in [6, 6.07) is 13.4. The molecular formula is C21H17ClN2O6S. The Morgan fingerprint density at radius 1 is 1.13 bits per heavy atom. The number of rotatable bonds is 9. The summed E-state index contributed by atoms with van der Waals surface area (Å²) in [6.45, 7) is 1.79. The highest BCUT2D eigenvalue weighted by atomic mass is 35.5. The van der Waals surface area contributed by atoms with Crippen molar-refractivity contribution in [1.82, 2.24) is 10.2 Å². The molecule has 160 valence electrons. The van der Waals surface area contributed by atoms with E-state index in [1.807, 2.05) is 0 Å². The number of aromatic nitrogens is 2. The van der Waals surface area contributed by atoms with E-state index in [0.29, 0.717) is 21.9 Å². The van der Waals surface area contributed by atoms with E-state index < -0.39 is 11.9 Å². The number of carbonyl (C=O) groups excluding carboxylic acids is 1. The first-order chi connectivity index (χ1) is 14.9. The molecule has 31 heavy (non-hydrogen) atoms. The molecule has 0 fully saturated rings. The molecule has 0 aliphatic heterocycles. The Hall–Kier alpha value is -3.30. The number of aliphatic carboxylic acids is 1. The molecule has 2 aromatic carbocycles. The Morgan fingerprint density at radius 2 is 1.84 bits per heavy atom. The van der Waals surface area contributed by atoms with Gasteiger partial charge in [0.1, 0.15) is 10.7 Å². The van der Waals surface area contributed by atoms with Crippen LogP contribution >= 0.6 is 23.4 Å².